The number of hydrogen-bond donors (Lipinski definition) is 0. The van der Waals surface area contributed by atoms with Crippen LogP contribution in [-0.4, -0.2) is 25.4 Å². The number of rotatable bonds is 3. The molecule has 1 heterocycles. The van der Waals surface area contributed by atoms with Crippen LogP contribution in [0, 0.1) is 24.2 Å². The quantitative estimate of drug-likeness (QED) is 0.803. The fourth-order valence-electron chi connectivity index (χ4n) is 5.62. The van der Waals surface area contributed by atoms with Gasteiger partial charge in [-0.3, -0.25) is 4.79 Å². The van der Waals surface area contributed by atoms with E-state index in [4.69, 9.17) is 11.6 Å². The Balaban J connectivity index is 1.73. The second kappa shape index (κ2) is 4.03. The summed E-state index contributed by atoms with van der Waals surface area (Å²) in [6.45, 7) is 1.88. The van der Waals surface area contributed by atoms with Gasteiger partial charge in [0.1, 0.15) is 0 Å². The van der Waals surface area contributed by atoms with Crippen LogP contribution >= 0.6 is 11.6 Å². The molecule has 20 heavy (non-hydrogen) atoms. The van der Waals surface area contributed by atoms with Crippen LogP contribution in [0.3, 0.4) is 0 Å². The largest absolute Gasteiger partial charge is 0.281 e. The van der Waals surface area contributed by atoms with E-state index in [1.54, 1.807) is 0 Å². The molecule has 0 spiro atoms. The van der Waals surface area contributed by atoms with E-state index < -0.39 is 0 Å². The third-order valence-electron chi connectivity index (χ3n) is 5.60. The van der Waals surface area contributed by atoms with Crippen LogP contribution in [0.1, 0.15) is 50.8 Å². The normalized spacial score (nSPS) is 42.1. The van der Waals surface area contributed by atoms with Gasteiger partial charge in [0.2, 0.25) is 5.24 Å². The van der Waals surface area contributed by atoms with E-state index in [0.29, 0.717) is 18.3 Å². The molecule has 1 aromatic rings. The van der Waals surface area contributed by atoms with Gasteiger partial charge in [-0.1, -0.05) is 0 Å². The SMILES string of the molecule is Cc1nnn(C23C[C@@H]4C[C@H](CC(CC(=O)Cl)(C4)C2)C3)n1. The van der Waals surface area contributed by atoms with Crippen LogP contribution in [0.4, 0.5) is 0 Å². The molecule has 1 aromatic heterocycles. The summed E-state index contributed by atoms with van der Waals surface area (Å²) in [7, 11) is 0. The minimum absolute atomic E-state index is 0.0162. The zero-order valence-corrected chi connectivity index (χ0v) is 12.4. The standard InChI is InChI=1S/C14H19ClN4O/c1-9-16-18-19(17-9)14-5-10-2-11(6-14)4-13(3-10,8-14)7-12(15)20/h10-11H,2-8H2,1H3/t10-,11-,13?,14?/m1/s1. The molecule has 5 nitrogen and oxygen atoms in total. The van der Waals surface area contributed by atoms with Gasteiger partial charge in [-0.25, -0.2) is 0 Å². The number of halogens is 1. The van der Waals surface area contributed by atoms with Gasteiger partial charge in [0.25, 0.3) is 0 Å². The topological polar surface area (TPSA) is 60.7 Å². The molecular weight excluding hydrogens is 276 g/mol. The summed E-state index contributed by atoms with van der Waals surface area (Å²) < 4.78 is 0. The molecule has 4 fully saturated rings. The van der Waals surface area contributed by atoms with Crippen molar-refractivity contribution < 1.29 is 4.79 Å². The average molecular weight is 295 g/mol. The number of tetrazole rings is 1. The molecule has 5 rings (SSSR count). The maximum atomic E-state index is 11.5. The lowest BCUT2D eigenvalue weighted by atomic mass is 9.46. The summed E-state index contributed by atoms with van der Waals surface area (Å²) in [6.07, 6.45) is 7.37. The van der Waals surface area contributed by atoms with Gasteiger partial charge < -0.3 is 0 Å². The maximum absolute atomic E-state index is 11.5. The smallest absolute Gasteiger partial charge is 0.222 e. The lowest BCUT2D eigenvalue weighted by Crippen LogP contribution is -2.57. The van der Waals surface area contributed by atoms with Gasteiger partial charge >= 0.3 is 0 Å². The minimum Gasteiger partial charge on any atom is -0.281 e. The lowest BCUT2D eigenvalue weighted by Gasteiger charge is -2.61. The number of hydrogen-bond acceptors (Lipinski definition) is 4. The average Bonchev–Trinajstić information content (AvgIpc) is 2.72. The van der Waals surface area contributed by atoms with Gasteiger partial charge in [-0.05, 0) is 79.5 Å². The molecular formula is C14H19ClN4O. The van der Waals surface area contributed by atoms with Crippen molar-refractivity contribution in [1.29, 1.82) is 0 Å². The molecule has 4 aliphatic rings. The van der Waals surface area contributed by atoms with E-state index in [9.17, 15) is 4.79 Å². The maximum Gasteiger partial charge on any atom is 0.222 e. The van der Waals surface area contributed by atoms with E-state index >= 15 is 0 Å². The Kier molecular flexibility index (Phi) is 2.57. The molecule has 0 unspecified atom stereocenters. The second-order valence-electron chi connectivity index (χ2n) is 7.34. The molecule has 0 amide bonds. The predicted molar refractivity (Wildman–Crippen MR) is 73.1 cm³/mol. The fraction of sp³-hybridized carbons (Fsp3) is 0.857. The third-order valence-corrected chi connectivity index (χ3v) is 5.74. The number of aromatic nitrogens is 4. The van der Waals surface area contributed by atoms with Gasteiger partial charge in [0, 0.05) is 6.42 Å². The predicted octanol–water partition coefficient (Wildman–Crippen LogP) is 2.43. The Bertz CT molecular complexity index is 555. The van der Waals surface area contributed by atoms with Crippen LogP contribution in [0.5, 0.6) is 0 Å². The van der Waals surface area contributed by atoms with Gasteiger partial charge in [0.15, 0.2) is 5.82 Å². The monoisotopic (exact) mass is 294 g/mol. The summed E-state index contributed by atoms with van der Waals surface area (Å²) in [6, 6.07) is 0. The number of carbonyl (C=O) groups is 1. The summed E-state index contributed by atoms with van der Waals surface area (Å²) in [5.74, 6) is 2.11. The molecule has 0 saturated heterocycles. The Morgan fingerprint density at radius 1 is 1.35 bits per heavy atom. The first kappa shape index (κ1) is 12.7. The molecule has 4 saturated carbocycles. The first-order valence-corrected chi connectivity index (χ1v) is 7.82. The Morgan fingerprint density at radius 2 is 2.05 bits per heavy atom. The van der Waals surface area contributed by atoms with Gasteiger partial charge in [0.05, 0.1) is 5.54 Å². The van der Waals surface area contributed by atoms with Crippen LogP contribution in [0.25, 0.3) is 0 Å². The summed E-state index contributed by atoms with van der Waals surface area (Å²) in [5.41, 5.74) is 0.0716. The van der Waals surface area contributed by atoms with Crippen molar-refractivity contribution in [2.75, 3.05) is 0 Å². The van der Waals surface area contributed by atoms with Crippen LogP contribution in [-0.2, 0) is 10.3 Å². The molecule has 4 bridgehead atoms. The minimum atomic E-state index is -0.190. The molecule has 6 heteroatoms. The molecule has 0 aromatic carbocycles. The van der Waals surface area contributed by atoms with E-state index in [0.717, 1.165) is 37.9 Å². The highest BCUT2D eigenvalue weighted by Crippen LogP contribution is 2.65. The number of aryl methyl sites for hydroxylation is 1. The van der Waals surface area contributed by atoms with Gasteiger partial charge in [-0.15, -0.1) is 10.2 Å². The Labute approximate surface area is 123 Å². The van der Waals surface area contributed by atoms with E-state index in [1.807, 2.05) is 11.7 Å². The molecule has 0 radical (unpaired) electrons. The van der Waals surface area contributed by atoms with Crippen LogP contribution in [0.2, 0.25) is 0 Å². The highest BCUT2D eigenvalue weighted by atomic mass is 35.5. The molecule has 0 N–H and O–H groups in total. The van der Waals surface area contributed by atoms with Crippen molar-refractivity contribution in [1.82, 2.24) is 20.2 Å². The molecule has 0 aliphatic heterocycles. The van der Waals surface area contributed by atoms with E-state index in [-0.39, 0.29) is 16.2 Å². The third kappa shape index (κ3) is 1.82. The summed E-state index contributed by atoms with van der Waals surface area (Å²) >= 11 is 5.72. The zero-order valence-electron chi connectivity index (χ0n) is 11.7. The lowest BCUT2D eigenvalue weighted by molar-refractivity contribution is -0.132. The van der Waals surface area contributed by atoms with Crippen molar-refractivity contribution in [2.24, 2.45) is 17.3 Å². The molecule has 4 aliphatic carbocycles. The van der Waals surface area contributed by atoms with Crippen molar-refractivity contribution in [2.45, 2.75) is 57.4 Å². The van der Waals surface area contributed by atoms with Crippen molar-refractivity contribution in [3.63, 3.8) is 0 Å². The fourth-order valence-corrected chi connectivity index (χ4v) is 5.91. The molecule has 108 valence electrons. The number of nitrogens with zero attached hydrogens (tertiary/aromatic N) is 4. The highest BCUT2D eigenvalue weighted by Gasteiger charge is 2.59. The van der Waals surface area contributed by atoms with Crippen molar-refractivity contribution >= 4 is 16.8 Å². The second-order valence-corrected chi connectivity index (χ2v) is 7.76. The first-order chi connectivity index (χ1) is 9.49. The summed E-state index contributed by atoms with van der Waals surface area (Å²) in [4.78, 5) is 13.3. The van der Waals surface area contributed by atoms with Gasteiger partial charge in [-0.2, -0.15) is 4.80 Å². The van der Waals surface area contributed by atoms with Crippen LogP contribution < -0.4 is 0 Å². The zero-order chi connectivity index (χ0) is 14.0. The highest BCUT2D eigenvalue weighted by molar-refractivity contribution is 6.63. The van der Waals surface area contributed by atoms with Crippen molar-refractivity contribution in [3.8, 4) is 0 Å². The Hall–Kier alpha value is -0.970. The molecule has 2 atom stereocenters. The summed E-state index contributed by atoms with van der Waals surface area (Å²) in [5, 5.41) is 12.6. The van der Waals surface area contributed by atoms with Crippen LogP contribution in [0.15, 0.2) is 0 Å². The van der Waals surface area contributed by atoms with Crippen molar-refractivity contribution in [3.05, 3.63) is 5.82 Å². The van der Waals surface area contributed by atoms with E-state index in [2.05, 4.69) is 15.4 Å². The number of carbonyl (C=O) groups excluding carboxylic acids is 1. The van der Waals surface area contributed by atoms with E-state index in [1.165, 1.54) is 6.42 Å². The first-order valence-electron chi connectivity index (χ1n) is 7.44. The Morgan fingerprint density at radius 3 is 2.60 bits per heavy atom.